The quantitative estimate of drug-likeness (QED) is 0.679. The molecule has 0 saturated heterocycles. The van der Waals surface area contributed by atoms with Crippen LogP contribution in [0.25, 0.3) is 0 Å². The minimum Gasteiger partial charge on any atom is -0.354 e. The van der Waals surface area contributed by atoms with Crippen molar-refractivity contribution in [1.82, 2.24) is 20.4 Å². The van der Waals surface area contributed by atoms with Crippen LogP contribution < -0.4 is 10.6 Å². The van der Waals surface area contributed by atoms with Gasteiger partial charge in [-0.1, -0.05) is 13.8 Å². The van der Waals surface area contributed by atoms with Crippen LogP contribution >= 0.6 is 0 Å². The van der Waals surface area contributed by atoms with Gasteiger partial charge in [0.25, 0.3) is 0 Å². The van der Waals surface area contributed by atoms with Crippen molar-refractivity contribution in [3.8, 4) is 0 Å². The SMILES string of the molecule is CC(C)CNC(=O)C(C)NCCCn1cccn1. The van der Waals surface area contributed by atoms with Crippen molar-refractivity contribution < 1.29 is 4.79 Å². The molecular formula is C13H24N4O. The summed E-state index contributed by atoms with van der Waals surface area (Å²) in [4.78, 5) is 11.7. The van der Waals surface area contributed by atoms with E-state index in [1.54, 1.807) is 6.20 Å². The van der Waals surface area contributed by atoms with Crippen molar-refractivity contribution in [1.29, 1.82) is 0 Å². The lowest BCUT2D eigenvalue weighted by molar-refractivity contribution is -0.122. The molecule has 5 heteroatoms. The summed E-state index contributed by atoms with van der Waals surface area (Å²) in [5.41, 5.74) is 0. The van der Waals surface area contributed by atoms with E-state index in [2.05, 4.69) is 29.6 Å². The fourth-order valence-corrected chi connectivity index (χ4v) is 1.54. The van der Waals surface area contributed by atoms with E-state index in [4.69, 9.17) is 0 Å². The Balaban J connectivity index is 2.09. The molecule has 0 aliphatic heterocycles. The van der Waals surface area contributed by atoms with Crippen LogP contribution in [-0.2, 0) is 11.3 Å². The Kier molecular flexibility index (Phi) is 6.43. The topological polar surface area (TPSA) is 59.0 Å². The number of carbonyl (C=O) groups is 1. The predicted molar refractivity (Wildman–Crippen MR) is 72.2 cm³/mol. The van der Waals surface area contributed by atoms with Crippen LogP contribution in [0, 0.1) is 5.92 Å². The second-order valence-electron chi connectivity index (χ2n) is 4.94. The van der Waals surface area contributed by atoms with E-state index in [0.717, 1.165) is 26.1 Å². The lowest BCUT2D eigenvalue weighted by Gasteiger charge is -2.15. The van der Waals surface area contributed by atoms with Gasteiger partial charge in [0, 0.05) is 25.5 Å². The Hall–Kier alpha value is -1.36. The molecule has 0 fully saturated rings. The van der Waals surface area contributed by atoms with Gasteiger partial charge in [0.15, 0.2) is 0 Å². The predicted octanol–water partition coefficient (Wildman–Crippen LogP) is 1.02. The van der Waals surface area contributed by atoms with Gasteiger partial charge in [0.05, 0.1) is 6.04 Å². The van der Waals surface area contributed by atoms with Crippen molar-refractivity contribution in [3.63, 3.8) is 0 Å². The molecule has 1 unspecified atom stereocenters. The number of nitrogens with zero attached hydrogens (tertiary/aromatic N) is 2. The number of rotatable bonds is 8. The number of aromatic nitrogens is 2. The standard InChI is InChI=1S/C13H24N4O/c1-11(2)10-15-13(18)12(3)14-6-4-8-17-9-5-7-16-17/h5,7,9,11-12,14H,4,6,8,10H2,1-3H3,(H,15,18). The zero-order valence-corrected chi connectivity index (χ0v) is 11.5. The molecule has 0 saturated carbocycles. The van der Waals surface area contributed by atoms with Crippen LogP contribution in [-0.4, -0.2) is 34.8 Å². The van der Waals surface area contributed by atoms with E-state index in [-0.39, 0.29) is 11.9 Å². The molecule has 0 aromatic carbocycles. The maximum atomic E-state index is 11.7. The summed E-state index contributed by atoms with van der Waals surface area (Å²) in [5, 5.41) is 10.3. The minimum absolute atomic E-state index is 0.0720. The van der Waals surface area contributed by atoms with Crippen LogP contribution in [0.5, 0.6) is 0 Å². The monoisotopic (exact) mass is 252 g/mol. The minimum atomic E-state index is -0.138. The molecule has 0 aliphatic carbocycles. The first-order valence-corrected chi connectivity index (χ1v) is 6.58. The van der Waals surface area contributed by atoms with Gasteiger partial charge in [0.1, 0.15) is 0 Å². The van der Waals surface area contributed by atoms with Gasteiger partial charge >= 0.3 is 0 Å². The summed E-state index contributed by atoms with van der Waals surface area (Å²) < 4.78 is 1.89. The van der Waals surface area contributed by atoms with Crippen molar-refractivity contribution in [2.75, 3.05) is 13.1 Å². The highest BCUT2D eigenvalue weighted by molar-refractivity contribution is 5.81. The maximum absolute atomic E-state index is 11.7. The zero-order valence-electron chi connectivity index (χ0n) is 11.5. The number of hydrogen-bond donors (Lipinski definition) is 2. The molecule has 0 spiro atoms. The Morgan fingerprint density at radius 1 is 1.39 bits per heavy atom. The molecule has 1 atom stereocenters. The lowest BCUT2D eigenvalue weighted by Crippen LogP contribution is -2.43. The molecule has 0 radical (unpaired) electrons. The van der Waals surface area contributed by atoms with E-state index < -0.39 is 0 Å². The third kappa shape index (κ3) is 5.82. The Labute approximate surface area is 109 Å². The van der Waals surface area contributed by atoms with Crippen molar-refractivity contribution in [2.45, 2.75) is 39.8 Å². The number of hydrogen-bond acceptors (Lipinski definition) is 3. The number of carbonyl (C=O) groups excluding carboxylic acids is 1. The van der Waals surface area contributed by atoms with Crippen LogP contribution in [0.15, 0.2) is 18.5 Å². The van der Waals surface area contributed by atoms with Crippen molar-refractivity contribution in [3.05, 3.63) is 18.5 Å². The van der Waals surface area contributed by atoms with Gasteiger partial charge in [-0.3, -0.25) is 9.48 Å². The molecule has 0 aliphatic rings. The second-order valence-corrected chi connectivity index (χ2v) is 4.94. The molecule has 1 amide bonds. The highest BCUT2D eigenvalue weighted by atomic mass is 16.2. The second kappa shape index (κ2) is 7.87. The highest BCUT2D eigenvalue weighted by Gasteiger charge is 2.11. The van der Waals surface area contributed by atoms with Crippen molar-refractivity contribution in [2.24, 2.45) is 5.92 Å². The molecule has 1 heterocycles. The number of nitrogens with one attached hydrogen (secondary N) is 2. The smallest absolute Gasteiger partial charge is 0.236 e. The van der Waals surface area contributed by atoms with Crippen LogP contribution in [0.4, 0.5) is 0 Å². The normalized spacial score (nSPS) is 12.7. The lowest BCUT2D eigenvalue weighted by atomic mass is 10.2. The first-order chi connectivity index (χ1) is 8.59. The van der Waals surface area contributed by atoms with E-state index >= 15 is 0 Å². The molecule has 18 heavy (non-hydrogen) atoms. The number of aryl methyl sites for hydroxylation is 1. The van der Waals surface area contributed by atoms with Gasteiger partial charge in [-0.25, -0.2) is 0 Å². The van der Waals surface area contributed by atoms with Gasteiger partial charge in [-0.15, -0.1) is 0 Å². The molecule has 1 aromatic heterocycles. The third-order valence-electron chi connectivity index (χ3n) is 2.65. The summed E-state index contributed by atoms with van der Waals surface area (Å²) in [5.74, 6) is 0.559. The highest BCUT2D eigenvalue weighted by Crippen LogP contribution is 1.91. The summed E-state index contributed by atoms with van der Waals surface area (Å²) >= 11 is 0. The van der Waals surface area contributed by atoms with Gasteiger partial charge in [-0.2, -0.15) is 5.10 Å². The fraction of sp³-hybridized carbons (Fsp3) is 0.692. The molecule has 1 rings (SSSR count). The summed E-state index contributed by atoms with van der Waals surface area (Å²) in [6.45, 7) is 8.49. The summed E-state index contributed by atoms with van der Waals surface area (Å²) in [7, 11) is 0. The summed E-state index contributed by atoms with van der Waals surface area (Å²) in [6.07, 6.45) is 4.68. The molecule has 102 valence electrons. The number of amides is 1. The first kappa shape index (κ1) is 14.7. The summed E-state index contributed by atoms with van der Waals surface area (Å²) in [6, 6.07) is 1.77. The molecule has 2 N–H and O–H groups in total. The Bertz CT molecular complexity index is 335. The van der Waals surface area contributed by atoms with E-state index in [1.165, 1.54) is 0 Å². The third-order valence-corrected chi connectivity index (χ3v) is 2.65. The van der Waals surface area contributed by atoms with E-state index in [9.17, 15) is 4.79 Å². The van der Waals surface area contributed by atoms with Gasteiger partial charge < -0.3 is 10.6 Å². The average Bonchev–Trinajstić information content (AvgIpc) is 2.84. The van der Waals surface area contributed by atoms with Crippen molar-refractivity contribution >= 4 is 5.91 Å². The molecule has 1 aromatic rings. The average molecular weight is 252 g/mol. The Morgan fingerprint density at radius 3 is 2.78 bits per heavy atom. The molecule has 5 nitrogen and oxygen atoms in total. The van der Waals surface area contributed by atoms with E-state index in [1.807, 2.05) is 23.9 Å². The maximum Gasteiger partial charge on any atom is 0.236 e. The van der Waals surface area contributed by atoms with Gasteiger partial charge in [-0.05, 0) is 31.9 Å². The fourth-order valence-electron chi connectivity index (χ4n) is 1.54. The van der Waals surface area contributed by atoms with Crippen LogP contribution in [0.2, 0.25) is 0 Å². The largest absolute Gasteiger partial charge is 0.354 e. The first-order valence-electron chi connectivity index (χ1n) is 6.58. The molecule has 0 bridgehead atoms. The van der Waals surface area contributed by atoms with Gasteiger partial charge in [0.2, 0.25) is 5.91 Å². The Morgan fingerprint density at radius 2 is 2.17 bits per heavy atom. The zero-order chi connectivity index (χ0) is 13.4. The van der Waals surface area contributed by atoms with Crippen LogP contribution in [0.1, 0.15) is 27.2 Å². The van der Waals surface area contributed by atoms with E-state index in [0.29, 0.717) is 5.92 Å². The van der Waals surface area contributed by atoms with Crippen LogP contribution in [0.3, 0.4) is 0 Å². The molecular weight excluding hydrogens is 228 g/mol.